The lowest BCUT2D eigenvalue weighted by Gasteiger charge is -2.44. The van der Waals surface area contributed by atoms with E-state index in [0.717, 1.165) is 44.6 Å². The Hall–Kier alpha value is -2.40. The molecule has 0 spiro atoms. The van der Waals surface area contributed by atoms with Crippen molar-refractivity contribution < 1.29 is 4.79 Å². The zero-order valence-corrected chi connectivity index (χ0v) is 18.6. The molecule has 3 aliphatic rings. The van der Waals surface area contributed by atoms with Crippen LogP contribution in [0.15, 0.2) is 47.3 Å². The molecule has 160 valence electrons. The van der Waals surface area contributed by atoms with Crippen LogP contribution in [0.4, 0.5) is 0 Å². The van der Waals surface area contributed by atoms with Crippen LogP contribution < -0.4 is 5.56 Å². The largest absolute Gasteiger partial charge is 0.341 e. The van der Waals surface area contributed by atoms with Crippen LogP contribution in [0.2, 0.25) is 0 Å². The first-order chi connectivity index (χ1) is 15.2. The molecular weight excluding hydrogens is 404 g/mol. The van der Waals surface area contributed by atoms with Crippen molar-refractivity contribution in [1.29, 1.82) is 0 Å². The Morgan fingerprint density at radius 1 is 0.968 bits per heavy atom. The van der Waals surface area contributed by atoms with Gasteiger partial charge in [0.2, 0.25) is 5.91 Å². The number of pyridine rings is 1. The molecule has 4 heterocycles. The van der Waals surface area contributed by atoms with E-state index in [2.05, 4.69) is 35.2 Å². The van der Waals surface area contributed by atoms with Crippen molar-refractivity contribution in [3.63, 3.8) is 0 Å². The number of thiophene rings is 1. The lowest BCUT2D eigenvalue weighted by atomic mass is 9.80. The SMILES string of the molecule is O=C(C1CCCCC1)N1CC2CC(C1)c1c(-c3cc4ccccc4s3)ccc(=O)n1C2. The average molecular weight is 433 g/mol. The molecule has 0 N–H and O–H groups in total. The van der Waals surface area contributed by atoms with Gasteiger partial charge in [-0.15, -0.1) is 11.3 Å². The van der Waals surface area contributed by atoms with E-state index < -0.39 is 0 Å². The molecule has 1 aromatic carbocycles. The summed E-state index contributed by atoms with van der Waals surface area (Å²) in [5, 5.41) is 1.25. The maximum absolute atomic E-state index is 13.3. The monoisotopic (exact) mass is 432 g/mol. The number of hydrogen-bond donors (Lipinski definition) is 0. The molecular formula is C26H28N2O2S. The fraction of sp³-hybridized carbons (Fsp3) is 0.462. The van der Waals surface area contributed by atoms with Crippen LogP contribution in [-0.4, -0.2) is 28.5 Å². The minimum atomic E-state index is 0.0987. The highest BCUT2D eigenvalue weighted by Crippen LogP contribution is 2.43. The summed E-state index contributed by atoms with van der Waals surface area (Å²) in [6.45, 7) is 2.30. The van der Waals surface area contributed by atoms with Gasteiger partial charge in [0, 0.05) is 58.4 Å². The van der Waals surface area contributed by atoms with Gasteiger partial charge in [-0.05, 0) is 48.8 Å². The van der Waals surface area contributed by atoms with Crippen molar-refractivity contribution in [2.24, 2.45) is 11.8 Å². The predicted octanol–water partition coefficient (Wildman–Crippen LogP) is 5.26. The van der Waals surface area contributed by atoms with E-state index in [1.165, 1.54) is 39.8 Å². The first-order valence-corrected chi connectivity index (χ1v) is 12.5. The molecule has 2 unspecified atom stereocenters. The minimum Gasteiger partial charge on any atom is -0.341 e. The average Bonchev–Trinajstić information content (AvgIpc) is 3.24. The Morgan fingerprint density at radius 3 is 2.65 bits per heavy atom. The van der Waals surface area contributed by atoms with Crippen molar-refractivity contribution in [3.05, 3.63) is 58.5 Å². The van der Waals surface area contributed by atoms with Crippen LogP contribution in [0, 0.1) is 11.8 Å². The third-order valence-corrected chi connectivity index (χ3v) is 8.70. The summed E-state index contributed by atoms with van der Waals surface area (Å²) >= 11 is 1.79. The van der Waals surface area contributed by atoms with Gasteiger partial charge >= 0.3 is 0 Å². The number of rotatable bonds is 2. The fourth-order valence-electron chi connectivity index (χ4n) is 6.13. The molecule has 31 heavy (non-hydrogen) atoms. The second-order valence-electron chi connectivity index (χ2n) is 9.61. The van der Waals surface area contributed by atoms with Crippen molar-refractivity contribution in [2.45, 2.75) is 51.0 Å². The Bertz CT molecular complexity index is 1170. The van der Waals surface area contributed by atoms with E-state index >= 15 is 0 Å². The van der Waals surface area contributed by atoms with Crippen LogP contribution >= 0.6 is 11.3 Å². The molecule has 2 fully saturated rings. The molecule has 1 saturated heterocycles. The number of amides is 1. The van der Waals surface area contributed by atoms with Gasteiger partial charge in [-0.3, -0.25) is 9.59 Å². The maximum Gasteiger partial charge on any atom is 0.250 e. The van der Waals surface area contributed by atoms with E-state index in [9.17, 15) is 9.59 Å². The number of nitrogens with zero attached hydrogens (tertiary/aromatic N) is 2. The third-order valence-electron chi connectivity index (χ3n) is 7.55. The number of likely N-dealkylation sites (tertiary alicyclic amines) is 1. The van der Waals surface area contributed by atoms with Crippen molar-refractivity contribution >= 4 is 27.3 Å². The molecule has 0 radical (unpaired) electrons. The highest BCUT2D eigenvalue weighted by molar-refractivity contribution is 7.22. The van der Waals surface area contributed by atoms with E-state index in [1.807, 2.05) is 10.6 Å². The molecule has 2 aliphatic heterocycles. The molecule has 2 bridgehead atoms. The maximum atomic E-state index is 13.3. The van der Waals surface area contributed by atoms with Crippen LogP contribution in [0.5, 0.6) is 0 Å². The zero-order chi connectivity index (χ0) is 20.9. The predicted molar refractivity (Wildman–Crippen MR) is 126 cm³/mol. The van der Waals surface area contributed by atoms with Gasteiger partial charge in [-0.25, -0.2) is 0 Å². The number of carbonyl (C=O) groups excluding carboxylic acids is 1. The van der Waals surface area contributed by atoms with Gasteiger partial charge in [0.05, 0.1) is 0 Å². The van der Waals surface area contributed by atoms with Gasteiger partial charge in [-0.2, -0.15) is 0 Å². The molecule has 4 nitrogen and oxygen atoms in total. The number of hydrogen-bond acceptors (Lipinski definition) is 3. The van der Waals surface area contributed by atoms with Gasteiger partial charge < -0.3 is 9.47 Å². The highest BCUT2D eigenvalue weighted by atomic mass is 32.1. The Morgan fingerprint density at radius 2 is 1.81 bits per heavy atom. The number of aromatic nitrogens is 1. The van der Waals surface area contributed by atoms with E-state index in [-0.39, 0.29) is 17.4 Å². The van der Waals surface area contributed by atoms with Crippen molar-refractivity contribution in [3.8, 4) is 10.4 Å². The standard InChI is InChI=1S/C26H28N2O2S/c29-24-11-10-21(23-13-19-8-4-5-9-22(19)31-23)25-20-12-17(15-28(24)25)14-27(16-20)26(30)18-6-2-1-3-7-18/h4-5,8-11,13,17-18,20H,1-3,6-7,12,14-16H2. The van der Waals surface area contributed by atoms with Crippen LogP contribution in [0.25, 0.3) is 20.5 Å². The molecule has 1 saturated carbocycles. The Balaban J connectivity index is 1.38. The van der Waals surface area contributed by atoms with Gasteiger partial charge in [0.25, 0.3) is 5.56 Å². The summed E-state index contributed by atoms with van der Waals surface area (Å²) in [7, 11) is 0. The van der Waals surface area contributed by atoms with Crippen molar-refractivity contribution in [1.82, 2.24) is 9.47 Å². The van der Waals surface area contributed by atoms with Gasteiger partial charge in [0.15, 0.2) is 0 Å². The summed E-state index contributed by atoms with van der Waals surface area (Å²) in [6.07, 6.45) is 6.82. The normalized spacial score (nSPS) is 23.7. The first kappa shape index (κ1) is 19.3. The van der Waals surface area contributed by atoms with Crippen LogP contribution in [-0.2, 0) is 11.3 Å². The summed E-state index contributed by atoms with van der Waals surface area (Å²) in [5.74, 6) is 1.21. The number of benzene rings is 1. The molecule has 1 aliphatic carbocycles. The lowest BCUT2D eigenvalue weighted by molar-refractivity contribution is -0.139. The molecule has 5 heteroatoms. The molecule has 3 aromatic rings. The third kappa shape index (κ3) is 3.34. The fourth-order valence-corrected chi connectivity index (χ4v) is 7.22. The highest BCUT2D eigenvalue weighted by Gasteiger charge is 2.39. The topological polar surface area (TPSA) is 42.3 Å². The number of piperidine rings is 1. The van der Waals surface area contributed by atoms with Gasteiger partial charge in [-0.1, -0.05) is 37.5 Å². The second kappa shape index (κ2) is 7.63. The minimum absolute atomic E-state index is 0.0987. The van der Waals surface area contributed by atoms with E-state index in [1.54, 1.807) is 17.4 Å². The Kier molecular flexibility index (Phi) is 4.75. The summed E-state index contributed by atoms with van der Waals surface area (Å²) in [5.41, 5.74) is 2.43. The molecule has 6 rings (SSSR count). The van der Waals surface area contributed by atoms with E-state index in [0.29, 0.717) is 11.8 Å². The van der Waals surface area contributed by atoms with Gasteiger partial charge in [0.1, 0.15) is 0 Å². The quantitative estimate of drug-likeness (QED) is 0.555. The summed E-state index contributed by atoms with van der Waals surface area (Å²) < 4.78 is 3.29. The van der Waals surface area contributed by atoms with Crippen LogP contribution in [0.3, 0.4) is 0 Å². The number of fused-ring (bicyclic) bond motifs is 5. The molecule has 2 atom stereocenters. The summed E-state index contributed by atoms with van der Waals surface area (Å²) in [6, 6.07) is 14.5. The van der Waals surface area contributed by atoms with Crippen molar-refractivity contribution in [2.75, 3.05) is 13.1 Å². The lowest BCUT2D eigenvalue weighted by Crippen LogP contribution is -2.51. The van der Waals surface area contributed by atoms with Crippen LogP contribution in [0.1, 0.15) is 50.1 Å². The van der Waals surface area contributed by atoms with E-state index in [4.69, 9.17) is 0 Å². The number of carbonyl (C=O) groups is 1. The first-order valence-electron chi connectivity index (χ1n) is 11.7. The Labute approximate surface area is 186 Å². The second-order valence-corrected chi connectivity index (χ2v) is 10.7. The summed E-state index contributed by atoms with van der Waals surface area (Å²) in [4.78, 5) is 29.5. The molecule has 1 amide bonds. The zero-order valence-electron chi connectivity index (χ0n) is 17.8. The smallest absolute Gasteiger partial charge is 0.250 e. The molecule has 2 aromatic heterocycles.